The summed E-state index contributed by atoms with van der Waals surface area (Å²) in [5.74, 6) is 1.84. The number of methoxy groups -OCH3 is 1. The van der Waals surface area contributed by atoms with Gasteiger partial charge in [-0.2, -0.15) is 4.37 Å². The molecule has 5 nitrogen and oxygen atoms in total. The maximum Gasteiger partial charge on any atom is 0.152 e. The highest BCUT2D eigenvalue weighted by Crippen LogP contribution is 2.33. The third kappa shape index (κ3) is 3.61. The van der Waals surface area contributed by atoms with E-state index in [9.17, 15) is 0 Å². The van der Waals surface area contributed by atoms with Gasteiger partial charge >= 0.3 is 0 Å². The van der Waals surface area contributed by atoms with Crippen molar-refractivity contribution >= 4 is 27.4 Å². The number of aromatic nitrogens is 1. The van der Waals surface area contributed by atoms with E-state index in [2.05, 4.69) is 33.5 Å². The molecule has 0 aliphatic carbocycles. The topological polar surface area (TPSA) is 43.8 Å². The lowest BCUT2D eigenvalue weighted by Gasteiger charge is -2.13. The van der Waals surface area contributed by atoms with Crippen LogP contribution in [0.2, 0.25) is 0 Å². The Morgan fingerprint density at radius 1 is 1.24 bits per heavy atom. The number of nitrogens with zero attached hydrogens (tertiary/aromatic N) is 2. The third-order valence-electron chi connectivity index (χ3n) is 4.21. The second-order valence-electron chi connectivity index (χ2n) is 6.03. The average molecular weight is 356 g/mol. The first-order valence-electron chi connectivity index (χ1n) is 8.25. The van der Waals surface area contributed by atoms with Gasteiger partial charge in [0, 0.05) is 12.5 Å². The molecule has 130 valence electrons. The van der Waals surface area contributed by atoms with Gasteiger partial charge in [-0.15, -0.1) is 0 Å². The van der Waals surface area contributed by atoms with Crippen LogP contribution >= 0.6 is 11.5 Å². The molecule has 6 heteroatoms. The van der Waals surface area contributed by atoms with E-state index in [1.54, 1.807) is 7.11 Å². The molecular weight excluding hydrogens is 336 g/mol. The van der Waals surface area contributed by atoms with Gasteiger partial charge in [0.15, 0.2) is 5.82 Å². The van der Waals surface area contributed by atoms with Crippen LogP contribution in [0.4, 0.5) is 5.82 Å². The van der Waals surface area contributed by atoms with E-state index in [1.165, 1.54) is 11.5 Å². The maximum atomic E-state index is 5.91. The molecule has 0 amide bonds. The van der Waals surface area contributed by atoms with Crippen molar-refractivity contribution in [3.8, 4) is 5.75 Å². The minimum atomic E-state index is 0.107. The summed E-state index contributed by atoms with van der Waals surface area (Å²) in [7, 11) is 1.70. The summed E-state index contributed by atoms with van der Waals surface area (Å²) in [5.41, 5.74) is 1.16. The van der Waals surface area contributed by atoms with Gasteiger partial charge in [-0.25, -0.2) is 0 Å². The minimum Gasteiger partial charge on any atom is -0.489 e. The Morgan fingerprint density at radius 2 is 2.12 bits per heavy atom. The molecular formula is C19H20N2O3S. The van der Waals surface area contributed by atoms with Gasteiger partial charge in [0.25, 0.3) is 0 Å². The minimum absolute atomic E-state index is 0.107. The van der Waals surface area contributed by atoms with E-state index < -0.39 is 0 Å². The van der Waals surface area contributed by atoms with Crippen LogP contribution in [-0.4, -0.2) is 37.5 Å². The molecule has 1 aliphatic rings. The van der Waals surface area contributed by atoms with Crippen LogP contribution in [0.15, 0.2) is 48.5 Å². The lowest BCUT2D eigenvalue weighted by molar-refractivity contribution is 0.0430. The molecule has 25 heavy (non-hydrogen) atoms. The standard InChI is InChI=1S/C19H20N2O3S/c1-22-12-16-10-21(13-24-16)19-17-8-7-15(9-18(17)25-20-19)23-11-14-5-3-2-4-6-14/h2-9,16H,10-13H2,1H3/t16-/m0/s1. The Hall–Kier alpha value is -2.15. The Kier molecular flexibility index (Phi) is 4.83. The summed E-state index contributed by atoms with van der Waals surface area (Å²) in [6, 6.07) is 16.3. The molecule has 2 heterocycles. The van der Waals surface area contributed by atoms with Crippen LogP contribution < -0.4 is 9.64 Å². The summed E-state index contributed by atoms with van der Waals surface area (Å²) in [6.45, 7) is 2.53. The largest absolute Gasteiger partial charge is 0.489 e. The number of fused-ring (bicyclic) bond motifs is 1. The average Bonchev–Trinajstić information content (AvgIpc) is 3.27. The monoisotopic (exact) mass is 356 g/mol. The van der Waals surface area contributed by atoms with Gasteiger partial charge in [-0.05, 0) is 35.3 Å². The number of hydrogen-bond acceptors (Lipinski definition) is 6. The van der Waals surface area contributed by atoms with Gasteiger partial charge in [-0.3, -0.25) is 0 Å². The highest BCUT2D eigenvalue weighted by molar-refractivity contribution is 7.13. The van der Waals surface area contributed by atoms with Crippen molar-refractivity contribution < 1.29 is 14.2 Å². The smallest absolute Gasteiger partial charge is 0.152 e. The summed E-state index contributed by atoms with van der Waals surface area (Å²) in [4.78, 5) is 2.16. The number of ether oxygens (including phenoxy) is 3. The van der Waals surface area contributed by atoms with Gasteiger partial charge in [0.2, 0.25) is 0 Å². The van der Waals surface area contributed by atoms with E-state index in [1.807, 2.05) is 24.3 Å². The number of anilines is 1. The van der Waals surface area contributed by atoms with Crippen molar-refractivity contribution in [3.05, 3.63) is 54.1 Å². The first kappa shape index (κ1) is 16.3. The fraction of sp³-hybridized carbons (Fsp3) is 0.316. The molecule has 0 spiro atoms. The first-order chi connectivity index (χ1) is 12.3. The molecule has 3 aromatic rings. The van der Waals surface area contributed by atoms with Crippen molar-refractivity contribution in [1.82, 2.24) is 4.37 Å². The van der Waals surface area contributed by atoms with E-state index in [0.717, 1.165) is 33.8 Å². The zero-order valence-corrected chi connectivity index (χ0v) is 14.9. The van der Waals surface area contributed by atoms with E-state index in [-0.39, 0.29) is 6.10 Å². The van der Waals surface area contributed by atoms with Crippen molar-refractivity contribution in [3.63, 3.8) is 0 Å². The fourth-order valence-electron chi connectivity index (χ4n) is 2.94. The summed E-state index contributed by atoms with van der Waals surface area (Å²) < 4.78 is 22.6. The lowest BCUT2D eigenvalue weighted by atomic mass is 10.2. The van der Waals surface area contributed by atoms with Gasteiger partial charge < -0.3 is 19.1 Å². The van der Waals surface area contributed by atoms with E-state index in [0.29, 0.717) is 19.9 Å². The second kappa shape index (κ2) is 7.39. The normalized spacial score (nSPS) is 17.3. The van der Waals surface area contributed by atoms with Crippen molar-refractivity contribution in [2.45, 2.75) is 12.7 Å². The van der Waals surface area contributed by atoms with Crippen molar-refractivity contribution in [2.75, 3.05) is 31.9 Å². The number of benzene rings is 2. The Bertz CT molecular complexity index is 837. The maximum absolute atomic E-state index is 5.91. The Balaban J connectivity index is 1.47. The van der Waals surface area contributed by atoms with Crippen molar-refractivity contribution in [2.24, 2.45) is 0 Å². The predicted octanol–water partition coefficient (Wildman–Crippen LogP) is 3.68. The summed E-state index contributed by atoms with van der Waals surface area (Å²) in [5, 5.41) is 1.14. The van der Waals surface area contributed by atoms with E-state index >= 15 is 0 Å². The molecule has 1 fully saturated rings. The number of hydrogen-bond donors (Lipinski definition) is 0. The molecule has 4 rings (SSSR count). The molecule has 0 bridgehead atoms. The Morgan fingerprint density at radius 3 is 2.96 bits per heavy atom. The van der Waals surface area contributed by atoms with Gasteiger partial charge in [0.1, 0.15) is 25.2 Å². The molecule has 1 atom stereocenters. The molecule has 1 aliphatic heterocycles. The van der Waals surface area contributed by atoms with Crippen LogP contribution in [0.25, 0.3) is 10.1 Å². The third-order valence-corrected chi connectivity index (χ3v) is 5.01. The highest BCUT2D eigenvalue weighted by atomic mass is 32.1. The van der Waals surface area contributed by atoms with Crippen LogP contribution in [0, 0.1) is 0 Å². The fourth-order valence-corrected chi connectivity index (χ4v) is 3.77. The molecule has 1 aromatic heterocycles. The van der Waals surface area contributed by atoms with Crippen LogP contribution in [-0.2, 0) is 16.1 Å². The molecule has 1 saturated heterocycles. The summed E-state index contributed by atoms with van der Waals surface area (Å²) >= 11 is 1.49. The number of rotatable bonds is 6. The second-order valence-corrected chi connectivity index (χ2v) is 6.84. The van der Waals surface area contributed by atoms with Crippen molar-refractivity contribution in [1.29, 1.82) is 0 Å². The zero-order chi connectivity index (χ0) is 17.1. The highest BCUT2D eigenvalue weighted by Gasteiger charge is 2.26. The van der Waals surface area contributed by atoms with Crippen LogP contribution in [0.3, 0.4) is 0 Å². The Labute approximate surface area is 150 Å². The van der Waals surface area contributed by atoms with E-state index in [4.69, 9.17) is 14.2 Å². The van der Waals surface area contributed by atoms with Crippen LogP contribution in [0.5, 0.6) is 5.75 Å². The van der Waals surface area contributed by atoms with Gasteiger partial charge in [0.05, 0.1) is 17.9 Å². The predicted molar refractivity (Wildman–Crippen MR) is 99.4 cm³/mol. The summed E-state index contributed by atoms with van der Waals surface area (Å²) in [6.07, 6.45) is 0.107. The SMILES string of the molecule is COC[C@@H]1CN(c2nsc3cc(OCc4ccccc4)ccc23)CO1. The first-order valence-corrected chi connectivity index (χ1v) is 9.02. The molecule has 2 aromatic carbocycles. The van der Waals surface area contributed by atoms with Gasteiger partial charge in [-0.1, -0.05) is 30.3 Å². The quantitative estimate of drug-likeness (QED) is 0.674. The molecule has 0 unspecified atom stereocenters. The van der Waals surface area contributed by atoms with Crippen LogP contribution in [0.1, 0.15) is 5.56 Å². The lowest BCUT2D eigenvalue weighted by Crippen LogP contribution is -2.24. The molecule has 0 saturated carbocycles. The molecule has 0 radical (unpaired) electrons. The zero-order valence-electron chi connectivity index (χ0n) is 14.1. The molecule has 0 N–H and O–H groups in total.